The number of carbonyl (C=O) groups is 2. The Morgan fingerprint density at radius 1 is 1.26 bits per heavy atom. The average molecular weight is 341 g/mol. The molecule has 0 heterocycles. The SMILES string of the molecule is CCc1ccc(C(=O)NC(CC(C)C)C(=O)O)cc1S(C)(=O)=O. The molecule has 0 bridgehead atoms. The maximum absolute atomic E-state index is 12.3. The summed E-state index contributed by atoms with van der Waals surface area (Å²) >= 11 is 0. The Morgan fingerprint density at radius 3 is 2.30 bits per heavy atom. The van der Waals surface area contributed by atoms with Gasteiger partial charge in [-0.3, -0.25) is 4.79 Å². The highest BCUT2D eigenvalue weighted by atomic mass is 32.2. The third-order valence-corrected chi connectivity index (χ3v) is 4.60. The van der Waals surface area contributed by atoms with Gasteiger partial charge in [0.05, 0.1) is 4.90 Å². The second kappa shape index (κ2) is 7.59. The van der Waals surface area contributed by atoms with E-state index in [1.807, 2.05) is 20.8 Å². The number of carbonyl (C=O) groups excluding carboxylic acids is 1. The topological polar surface area (TPSA) is 101 Å². The molecule has 0 saturated heterocycles. The van der Waals surface area contributed by atoms with Gasteiger partial charge in [0.15, 0.2) is 9.84 Å². The molecule has 1 rings (SSSR count). The molecule has 128 valence electrons. The lowest BCUT2D eigenvalue weighted by Gasteiger charge is -2.17. The van der Waals surface area contributed by atoms with Crippen molar-refractivity contribution in [1.82, 2.24) is 5.32 Å². The van der Waals surface area contributed by atoms with E-state index >= 15 is 0 Å². The number of amides is 1. The van der Waals surface area contributed by atoms with E-state index in [1.165, 1.54) is 12.1 Å². The number of hydrogen-bond acceptors (Lipinski definition) is 4. The van der Waals surface area contributed by atoms with Crippen molar-refractivity contribution < 1.29 is 23.1 Å². The third kappa shape index (κ3) is 5.35. The molecule has 6 nitrogen and oxygen atoms in total. The Morgan fingerprint density at radius 2 is 1.87 bits per heavy atom. The number of benzene rings is 1. The number of carboxylic acid groups (broad SMARTS) is 1. The Balaban J connectivity index is 3.11. The minimum absolute atomic E-state index is 0.100. The summed E-state index contributed by atoms with van der Waals surface area (Å²) in [6, 6.07) is 3.40. The van der Waals surface area contributed by atoms with Crippen molar-refractivity contribution in [3.8, 4) is 0 Å². The van der Waals surface area contributed by atoms with Crippen LogP contribution in [0.15, 0.2) is 23.1 Å². The Bertz CT molecular complexity index is 694. The maximum Gasteiger partial charge on any atom is 0.326 e. The maximum atomic E-state index is 12.3. The molecule has 0 aromatic heterocycles. The van der Waals surface area contributed by atoms with Crippen molar-refractivity contribution in [2.24, 2.45) is 5.92 Å². The van der Waals surface area contributed by atoms with Gasteiger partial charge in [0, 0.05) is 11.8 Å². The van der Waals surface area contributed by atoms with E-state index in [0.29, 0.717) is 18.4 Å². The molecule has 1 amide bonds. The number of nitrogens with one attached hydrogen (secondary N) is 1. The van der Waals surface area contributed by atoms with E-state index in [0.717, 1.165) is 6.26 Å². The molecule has 0 aliphatic carbocycles. The van der Waals surface area contributed by atoms with Gasteiger partial charge in [-0.15, -0.1) is 0 Å². The summed E-state index contributed by atoms with van der Waals surface area (Å²) in [4.78, 5) is 23.6. The van der Waals surface area contributed by atoms with Crippen molar-refractivity contribution in [3.05, 3.63) is 29.3 Å². The molecule has 2 N–H and O–H groups in total. The quantitative estimate of drug-likeness (QED) is 0.788. The second-order valence-corrected chi connectivity index (χ2v) is 7.93. The van der Waals surface area contributed by atoms with Crippen LogP contribution in [0.1, 0.15) is 43.1 Å². The van der Waals surface area contributed by atoms with Crippen LogP contribution in [0.25, 0.3) is 0 Å². The largest absolute Gasteiger partial charge is 0.480 e. The van der Waals surface area contributed by atoms with Crippen LogP contribution in [0, 0.1) is 5.92 Å². The number of hydrogen-bond donors (Lipinski definition) is 2. The molecule has 0 radical (unpaired) electrons. The van der Waals surface area contributed by atoms with Gasteiger partial charge in [-0.1, -0.05) is 26.8 Å². The van der Waals surface area contributed by atoms with Gasteiger partial charge in [0.1, 0.15) is 6.04 Å². The van der Waals surface area contributed by atoms with Crippen LogP contribution in [0.5, 0.6) is 0 Å². The highest BCUT2D eigenvalue weighted by Crippen LogP contribution is 2.19. The summed E-state index contributed by atoms with van der Waals surface area (Å²) in [6.07, 6.45) is 1.91. The van der Waals surface area contributed by atoms with E-state index in [1.54, 1.807) is 6.07 Å². The van der Waals surface area contributed by atoms with Crippen LogP contribution < -0.4 is 5.32 Å². The third-order valence-electron chi connectivity index (χ3n) is 3.42. The van der Waals surface area contributed by atoms with Gasteiger partial charge in [0.2, 0.25) is 0 Å². The number of aryl methyl sites for hydroxylation is 1. The number of aliphatic carboxylic acids is 1. The zero-order valence-electron chi connectivity index (χ0n) is 13.8. The molecule has 0 fully saturated rings. The molecular weight excluding hydrogens is 318 g/mol. The van der Waals surface area contributed by atoms with E-state index in [4.69, 9.17) is 0 Å². The normalized spacial score (nSPS) is 12.9. The Hall–Kier alpha value is -1.89. The van der Waals surface area contributed by atoms with Gasteiger partial charge in [0.25, 0.3) is 5.91 Å². The van der Waals surface area contributed by atoms with Gasteiger partial charge in [-0.25, -0.2) is 13.2 Å². The zero-order chi connectivity index (χ0) is 17.8. The fourth-order valence-corrected chi connectivity index (χ4v) is 3.30. The summed E-state index contributed by atoms with van der Waals surface area (Å²) in [5, 5.41) is 11.6. The van der Waals surface area contributed by atoms with Gasteiger partial charge in [-0.05, 0) is 36.5 Å². The molecule has 0 aliphatic rings. The molecule has 0 aliphatic heterocycles. The minimum Gasteiger partial charge on any atom is -0.480 e. The standard InChI is InChI=1S/C16H23NO5S/c1-5-11-6-7-12(9-14(11)23(4,21)22)15(18)17-13(16(19)20)8-10(2)3/h6-7,9-10,13H,5,8H2,1-4H3,(H,17,18)(H,19,20). The molecule has 0 spiro atoms. The van der Waals surface area contributed by atoms with Crippen LogP contribution in [0.3, 0.4) is 0 Å². The van der Waals surface area contributed by atoms with Crippen LogP contribution in [-0.2, 0) is 21.1 Å². The highest BCUT2D eigenvalue weighted by Gasteiger charge is 2.23. The second-order valence-electron chi connectivity index (χ2n) is 5.94. The molecule has 7 heteroatoms. The summed E-state index contributed by atoms with van der Waals surface area (Å²) < 4.78 is 23.7. The number of carboxylic acids is 1. The van der Waals surface area contributed by atoms with E-state index in [2.05, 4.69) is 5.32 Å². The number of rotatable bonds is 7. The zero-order valence-corrected chi connectivity index (χ0v) is 14.6. The Kier molecular flexibility index (Phi) is 6.32. The van der Waals surface area contributed by atoms with Crippen LogP contribution in [0.2, 0.25) is 0 Å². The van der Waals surface area contributed by atoms with Gasteiger partial charge >= 0.3 is 5.97 Å². The molecule has 1 atom stereocenters. The average Bonchev–Trinajstić information content (AvgIpc) is 2.44. The van der Waals surface area contributed by atoms with Gasteiger partial charge < -0.3 is 10.4 Å². The van der Waals surface area contributed by atoms with Crippen molar-refractivity contribution >= 4 is 21.7 Å². The summed E-state index contributed by atoms with van der Waals surface area (Å²) in [5.41, 5.74) is 0.763. The van der Waals surface area contributed by atoms with Crippen molar-refractivity contribution in [2.45, 2.75) is 44.6 Å². The first-order valence-corrected chi connectivity index (χ1v) is 9.32. The Labute approximate surface area is 136 Å². The highest BCUT2D eigenvalue weighted by molar-refractivity contribution is 7.90. The van der Waals surface area contributed by atoms with E-state index in [9.17, 15) is 23.1 Å². The number of sulfone groups is 1. The lowest BCUT2D eigenvalue weighted by atomic mass is 10.0. The lowest BCUT2D eigenvalue weighted by Crippen LogP contribution is -2.41. The van der Waals surface area contributed by atoms with Crippen molar-refractivity contribution in [1.29, 1.82) is 0 Å². The first kappa shape index (κ1) is 19.2. The predicted molar refractivity (Wildman–Crippen MR) is 87.3 cm³/mol. The molecule has 23 heavy (non-hydrogen) atoms. The summed E-state index contributed by atoms with van der Waals surface area (Å²) in [7, 11) is -3.46. The van der Waals surface area contributed by atoms with Crippen LogP contribution in [-0.4, -0.2) is 37.7 Å². The summed E-state index contributed by atoms with van der Waals surface area (Å²) in [5.74, 6) is -1.60. The smallest absolute Gasteiger partial charge is 0.326 e. The molecule has 1 aromatic carbocycles. The van der Waals surface area contributed by atoms with Crippen molar-refractivity contribution in [3.63, 3.8) is 0 Å². The van der Waals surface area contributed by atoms with Crippen LogP contribution >= 0.6 is 0 Å². The van der Waals surface area contributed by atoms with Gasteiger partial charge in [-0.2, -0.15) is 0 Å². The predicted octanol–water partition coefficient (Wildman–Crippen LogP) is 1.88. The first-order valence-electron chi connectivity index (χ1n) is 7.42. The molecule has 0 saturated carbocycles. The van der Waals surface area contributed by atoms with E-state index < -0.39 is 27.8 Å². The minimum atomic E-state index is -3.46. The van der Waals surface area contributed by atoms with Crippen molar-refractivity contribution in [2.75, 3.05) is 6.26 Å². The summed E-state index contributed by atoms with van der Waals surface area (Å²) in [6.45, 7) is 5.55. The molecule has 1 aromatic rings. The fraction of sp³-hybridized carbons (Fsp3) is 0.500. The van der Waals surface area contributed by atoms with E-state index in [-0.39, 0.29) is 16.4 Å². The monoisotopic (exact) mass is 341 g/mol. The molecule has 1 unspecified atom stereocenters. The molecular formula is C16H23NO5S. The first-order chi connectivity index (χ1) is 10.6. The van der Waals surface area contributed by atoms with Crippen LogP contribution in [0.4, 0.5) is 0 Å². The lowest BCUT2D eigenvalue weighted by molar-refractivity contribution is -0.139. The fourth-order valence-electron chi connectivity index (χ4n) is 2.27.